The number of hydrogen-bond acceptors (Lipinski definition) is 4. The molecule has 0 aromatic rings. The molecule has 2 fully saturated rings. The van der Waals surface area contributed by atoms with E-state index in [2.05, 4.69) is 0 Å². The van der Waals surface area contributed by atoms with Gasteiger partial charge in [-0.1, -0.05) is 6.92 Å². The van der Waals surface area contributed by atoms with Gasteiger partial charge in [-0.05, 0) is 20.3 Å². The van der Waals surface area contributed by atoms with Crippen LogP contribution >= 0.6 is 0 Å². The lowest BCUT2D eigenvalue weighted by atomic mass is 9.79. The molecule has 4 heteroatoms. The van der Waals surface area contributed by atoms with Gasteiger partial charge in [0.1, 0.15) is 12.2 Å². The Hall–Kier alpha value is -0.160. The summed E-state index contributed by atoms with van der Waals surface area (Å²) in [5, 5.41) is 30.2. The summed E-state index contributed by atoms with van der Waals surface area (Å²) < 4.78 is 5.73. The average Bonchev–Trinajstić information content (AvgIpc) is 2.24. The smallest absolute Gasteiger partial charge is 0.111 e. The fraction of sp³-hybridized carbons (Fsp3) is 1.00. The minimum absolute atomic E-state index is 0.379. The predicted molar refractivity (Wildman–Crippen MR) is 54.4 cm³/mol. The second-order valence-corrected chi connectivity index (χ2v) is 5.55. The number of rotatable bonds is 1. The highest BCUT2D eigenvalue weighted by Crippen LogP contribution is 2.52. The van der Waals surface area contributed by atoms with E-state index in [1.807, 2.05) is 6.92 Å². The van der Waals surface area contributed by atoms with E-state index in [-0.39, 0.29) is 0 Å². The molecule has 0 amide bonds. The molecule has 0 spiro atoms. The van der Waals surface area contributed by atoms with Gasteiger partial charge in [0, 0.05) is 12.8 Å². The maximum atomic E-state index is 10.3. The molecule has 0 aromatic heterocycles. The number of fused-ring (bicyclic) bond motifs is 2. The third-order valence-electron chi connectivity index (χ3n) is 4.03. The molecule has 5 atom stereocenters. The molecule has 15 heavy (non-hydrogen) atoms. The average molecular weight is 216 g/mol. The van der Waals surface area contributed by atoms with Crippen LogP contribution in [0.15, 0.2) is 0 Å². The van der Waals surface area contributed by atoms with Crippen LogP contribution in [0.5, 0.6) is 0 Å². The van der Waals surface area contributed by atoms with Crippen molar-refractivity contribution in [2.45, 2.75) is 69.0 Å². The Balaban J connectivity index is 2.37. The van der Waals surface area contributed by atoms with Crippen LogP contribution in [0.4, 0.5) is 0 Å². The summed E-state index contributed by atoms with van der Waals surface area (Å²) >= 11 is 0. The minimum atomic E-state index is -0.914. The largest absolute Gasteiger partial charge is 0.390 e. The van der Waals surface area contributed by atoms with Crippen molar-refractivity contribution >= 4 is 0 Å². The van der Waals surface area contributed by atoms with Gasteiger partial charge in [-0.3, -0.25) is 0 Å². The summed E-state index contributed by atoms with van der Waals surface area (Å²) in [7, 11) is 0. The van der Waals surface area contributed by atoms with E-state index in [4.69, 9.17) is 4.74 Å². The lowest BCUT2D eigenvalue weighted by Gasteiger charge is -2.45. The molecule has 2 heterocycles. The topological polar surface area (TPSA) is 69.9 Å². The van der Waals surface area contributed by atoms with E-state index in [1.54, 1.807) is 13.8 Å². The quantitative estimate of drug-likeness (QED) is 0.585. The summed E-state index contributed by atoms with van der Waals surface area (Å²) in [5.41, 5.74) is -2.48. The molecular formula is C11H20O4. The molecule has 0 aliphatic carbocycles. The first-order valence-corrected chi connectivity index (χ1v) is 5.53. The second-order valence-electron chi connectivity index (χ2n) is 5.55. The first kappa shape index (κ1) is 11.3. The van der Waals surface area contributed by atoms with Crippen LogP contribution in [0.2, 0.25) is 0 Å². The van der Waals surface area contributed by atoms with Crippen LogP contribution in [0.3, 0.4) is 0 Å². The van der Waals surface area contributed by atoms with Crippen molar-refractivity contribution in [1.82, 2.24) is 0 Å². The van der Waals surface area contributed by atoms with Crippen molar-refractivity contribution in [2.75, 3.05) is 0 Å². The van der Waals surface area contributed by atoms with Crippen molar-refractivity contribution in [1.29, 1.82) is 0 Å². The first-order valence-electron chi connectivity index (χ1n) is 5.53. The molecule has 0 saturated carbocycles. The van der Waals surface area contributed by atoms with Crippen LogP contribution in [-0.2, 0) is 4.74 Å². The molecule has 4 nitrogen and oxygen atoms in total. The van der Waals surface area contributed by atoms with Crippen molar-refractivity contribution in [2.24, 2.45) is 0 Å². The van der Waals surface area contributed by atoms with Crippen molar-refractivity contribution in [3.8, 4) is 0 Å². The maximum Gasteiger partial charge on any atom is 0.111 e. The highest BCUT2D eigenvalue weighted by atomic mass is 16.6. The van der Waals surface area contributed by atoms with Gasteiger partial charge >= 0.3 is 0 Å². The molecule has 0 unspecified atom stereocenters. The van der Waals surface area contributed by atoms with E-state index in [1.165, 1.54) is 0 Å². The van der Waals surface area contributed by atoms with Gasteiger partial charge in [-0.2, -0.15) is 0 Å². The standard InChI is InChI=1S/C11H20O4/c1-4-11(14)5-9(2)7(12)8(13)10(3,6-11)15-9/h7-8,12-14H,4-6H2,1-3H3/t7-,8+,9+,10-,11+. The molecule has 2 saturated heterocycles. The Kier molecular flexibility index (Phi) is 2.22. The molecular weight excluding hydrogens is 196 g/mol. The van der Waals surface area contributed by atoms with E-state index in [0.29, 0.717) is 19.3 Å². The summed E-state index contributed by atoms with van der Waals surface area (Å²) in [6.45, 7) is 5.42. The van der Waals surface area contributed by atoms with E-state index >= 15 is 0 Å². The summed E-state index contributed by atoms with van der Waals surface area (Å²) in [4.78, 5) is 0. The Morgan fingerprint density at radius 1 is 1.13 bits per heavy atom. The summed E-state index contributed by atoms with van der Waals surface area (Å²) in [5.74, 6) is 0. The predicted octanol–water partition coefficient (Wildman–Crippen LogP) is 0.191. The van der Waals surface area contributed by atoms with Crippen LogP contribution < -0.4 is 0 Å². The first-order chi connectivity index (χ1) is 6.75. The van der Waals surface area contributed by atoms with Gasteiger partial charge in [0.25, 0.3) is 0 Å². The van der Waals surface area contributed by atoms with Gasteiger partial charge in [0.05, 0.1) is 16.8 Å². The molecule has 0 aromatic carbocycles. The molecule has 2 aliphatic rings. The highest BCUT2D eigenvalue weighted by Gasteiger charge is 2.64. The summed E-state index contributed by atoms with van der Waals surface area (Å²) in [6.07, 6.45) is -0.457. The van der Waals surface area contributed by atoms with Crippen molar-refractivity contribution < 1.29 is 20.1 Å². The van der Waals surface area contributed by atoms with E-state index in [0.717, 1.165) is 0 Å². The van der Waals surface area contributed by atoms with Crippen LogP contribution in [0, 0.1) is 0 Å². The highest BCUT2D eigenvalue weighted by molar-refractivity contribution is 5.14. The zero-order valence-electron chi connectivity index (χ0n) is 9.53. The SMILES string of the molecule is CC[C@@]1(O)C[C@@]2(C)O[C@@](C)(C1)[C@H](O)[C@@H]2O. The van der Waals surface area contributed by atoms with Gasteiger partial charge in [0.2, 0.25) is 0 Å². The number of ether oxygens (including phenoxy) is 1. The van der Waals surface area contributed by atoms with Crippen molar-refractivity contribution in [3.05, 3.63) is 0 Å². The summed E-state index contributed by atoms with van der Waals surface area (Å²) in [6, 6.07) is 0. The Morgan fingerprint density at radius 2 is 1.53 bits per heavy atom. The zero-order valence-corrected chi connectivity index (χ0v) is 9.53. The van der Waals surface area contributed by atoms with Gasteiger partial charge in [0.15, 0.2) is 0 Å². The number of hydrogen-bond donors (Lipinski definition) is 3. The second kappa shape index (κ2) is 2.94. The number of aliphatic hydroxyl groups is 3. The lowest BCUT2D eigenvalue weighted by molar-refractivity contribution is -0.212. The monoisotopic (exact) mass is 216 g/mol. The Bertz CT molecular complexity index is 258. The normalized spacial score (nSPS) is 59.6. The molecule has 0 radical (unpaired) electrons. The molecule has 2 rings (SSSR count). The minimum Gasteiger partial charge on any atom is -0.390 e. The van der Waals surface area contributed by atoms with E-state index in [9.17, 15) is 15.3 Å². The fourth-order valence-corrected chi connectivity index (χ4v) is 3.22. The Labute approximate surface area is 89.9 Å². The lowest BCUT2D eigenvalue weighted by Crippen LogP contribution is -2.52. The zero-order chi connectivity index (χ0) is 11.5. The maximum absolute atomic E-state index is 10.3. The fourth-order valence-electron chi connectivity index (χ4n) is 3.22. The molecule has 3 N–H and O–H groups in total. The van der Waals surface area contributed by atoms with Gasteiger partial charge < -0.3 is 20.1 Å². The van der Waals surface area contributed by atoms with E-state index < -0.39 is 29.0 Å². The molecule has 2 aliphatic heterocycles. The Morgan fingerprint density at radius 3 is 1.87 bits per heavy atom. The van der Waals surface area contributed by atoms with Crippen LogP contribution in [0.1, 0.15) is 40.0 Å². The van der Waals surface area contributed by atoms with Crippen LogP contribution in [0.25, 0.3) is 0 Å². The van der Waals surface area contributed by atoms with Crippen LogP contribution in [-0.4, -0.2) is 44.3 Å². The molecule has 2 bridgehead atoms. The van der Waals surface area contributed by atoms with Gasteiger partial charge in [-0.25, -0.2) is 0 Å². The number of aliphatic hydroxyl groups excluding tert-OH is 2. The third kappa shape index (κ3) is 1.43. The third-order valence-corrected chi connectivity index (χ3v) is 4.03. The van der Waals surface area contributed by atoms with Crippen molar-refractivity contribution in [3.63, 3.8) is 0 Å². The van der Waals surface area contributed by atoms with Gasteiger partial charge in [-0.15, -0.1) is 0 Å². The molecule has 88 valence electrons.